The van der Waals surface area contributed by atoms with E-state index in [2.05, 4.69) is 53.6 Å². The summed E-state index contributed by atoms with van der Waals surface area (Å²) >= 11 is 8.52. The summed E-state index contributed by atoms with van der Waals surface area (Å²) in [5, 5.41) is 0.775. The molecule has 1 heterocycles. The Morgan fingerprint density at radius 1 is 1.24 bits per heavy atom. The highest BCUT2D eigenvalue weighted by molar-refractivity contribution is 14.1. The highest BCUT2D eigenvalue weighted by atomic mass is 127. The third-order valence-corrected chi connectivity index (χ3v) is 3.41. The fourth-order valence-corrected chi connectivity index (χ4v) is 2.40. The van der Waals surface area contributed by atoms with E-state index >= 15 is 0 Å². The molecular formula is C14H13ClIN. The van der Waals surface area contributed by atoms with Crippen LogP contribution in [0.3, 0.4) is 0 Å². The van der Waals surface area contributed by atoms with E-state index in [1.165, 1.54) is 11.1 Å². The van der Waals surface area contributed by atoms with Crippen molar-refractivity contribution >= 4 is 34.2 Å². The van der Waals surface area contributed by atoms with Crippen molar-refractivity contribution < 1.29 is 0 Å². The molecule has 1 aromatic carbocycles. The molecule has 0 saturated carbocycles. The van der Waals surface area contributed by atoms with E-state index < -0.39 is 0 Å². The average Bonchev–Trinajstić information content (AvgIpc) is 2.29. The van der Waals surface area contributed by atoms with Crippen LogP contribution in [0.2, 0.25) is 5.02 Å². The van der Waals surface area contributed by atoms with Gasteiger partial charge in [-0.05, 0) is 43.2 Å². The Morgan fingerprint density at radius 3 is 2.59 bits per heavy atom. The van der Waals surface area contributed by atoms with Crippen LogP contribution in [0.4, 0.5) is 0 Å². The minimum atomic E-state index is 0.0356. The van der Waals surface area contributed by atoms with Crippen LogP contribution in [0.15, 0.2) is 42.7 Å². The van der Waals surface area contributed by atoms with Gasteiger partial charge in [0.05, 0.1) is 0 Å². The van der Waals surface area contributed by atoms with Gasteiger partial charge in [0.15, 0.2) is 0 Å². The maximum absolute atomic E-state index is 6.09. The highest BCUT2D eigenvalue weighted by Gasteiger charge is 2.20. The van der Waals surface area contributed by atoms with Crippen molar-refractivity contribution in [1.29, 1.82) is 0 Å². The number of hydrogen-bond acceptors (Lipinski definition) is 1. The predicted octanol–water partition coefficient (Wildman–Crippen LogP) is 5.07. The van der Waals surface area contributed by atoms with Gasteiger partial charge in [-0.25, -0.2) is 0 Å². The molecule has 2 aromatic rings. The largest absolute Gasteiger partial charge is 0.264 e. The zero-order valence-electron chi connectivity index (χ0n) is 9.74. The summed E-state index contributed by atoms with van der Waals surface area (Å²) in [7, 11) is 0. The molecule has 1 aromatic heterocycles. The summed E-state index contributed by atoms with van der Waals surface area (Å²) in [5.74, 6) is 0. The standard InChI is InChI=1S/C14H13ClIN/c1-14(2,16)13-8-11(15)5-6-12(13)10-4-3-7-17-9-10/h3-9H,1-2H3. The van der Waals surface area contributed by atoms with Gasteiger partial charge in [-0.1, -0.05) is 46.3 Å². The lowest BCUT2D eigenvalue weighted by Crippen LogP contribution is -2.08. The lowest BCUT2D eigenvalue weighted by molar-refractivity contribution is 0.829. The van der Waals surface area contributed by atoms with Crippen LogP contribution in [0.5, 0.6) is 0 Å². The molecule has 17 heavy (non-hydrogen) atoms. The normalized spacial score (nSPS) is 11.5. The first-order chi connectivity index (χ1) is 7.98. The van der Waals surface area contributed by atoms with Crippen LogP contribution < -0.4 is 0 Å². The van der Waals surface area contributed by atoms with Gasteiger partial charge in [-0.15, -0.1) is 0 Å². The number of nitrogens with zero attached hydrogens (tertiary/aromatic N) is 1. The van der Waals surface area contributed by atoms with Gasteiger partial charge in [-0.2, -0.15) is 0 Å². The molecule has 0 bridgehead atoms. The van der Waals surface area contributed by atoms with E-state index in [-0.39, 0.29) is 3.42 Å². The van der Waals surface area contributed by atoms with Gasteiger partial charge in [0.2, 0.25) is 0 Å². The molecule has 0 amide bonds. The number of halogens is 2. The molecule has 0 saturated heterocycles. The Kier molecular flexibility index (Phi) is 3.73. The van der Waals surface area contributed by atoms with Gasteiger partial charge in [-0.3, -0.25) is 4.98 Å². The molecular weight excluding hydrogens is 345 g/mol. The van der Waals surface area contributed by atoms with Crippen molar-refractivity contribution in [2.45, 2.75) is 17.3 Å². The second-order valence-corrected chi connectivity index (χ2v) is 7.54. The quantitative estimate of drug-likeness (QED) is 0.540. The average molecular weight is 358 g/mol. The molecule has 0 N–H and O–H groups in total. The Bertz CT molecular complexity index is 517. The number of hydrogen-bond donors (Lipinski definition) is 0. The van der Waals surface area contributed by atoms with Crippen molar-refractivity contribution in [2.75, 3.05) is 0 Å². The number of rotatable bonds is 2. The van der Waals surface area contributed by atoms with Crippen molar-refractivity contribution in [3.63, 3.8) is 0 Å². The number of benzene rings is 1. The van der Waals surface area contributed by atoms with E-state index in [0.29, 0.717) is 0 Å². The smallest absolute Gasteiger partial charge is 0.0420 e. The maximum atomic E-state index is 6.09. The molecule has 1 nitrogen and oxygen atoms in total. The van der Waals surface area contributed by atoms with Crippen LogP contribution in [-0.4, -0.2) is 4.98 Å². The minimum Gasteiger partial charge on any atom is -0.264 e. The molecule has 0 fully saturated rings. The van der Waals surface area contributed by atoms with Crippen LogP contribution in [-0.2, 0) is 3.42 Å². The van der Waals surface area contributed by atoms with Crippen molar-refractivity contribution in [3.8, 4) is 11.1 Å². The summed E-state index contributed by atoms with van der Waals surface area (Å²) in [6.45, 7) is 4.36. The van der Waals surface area contributed by atoms with Gasteiger partial charge < -0.3 is 0 Å². The predicted molar refractivity (Wildman–Crippen MR) is 81.7 cm³/mol. The van der Waals surface area contributed by atoms with Crippen molar-refractivity contribution in [2.24, 2.45) is 0 Å². The van der Waals surface area contributed by atoms with E-state index in [4.69, 9.17) is 11.6 Å². The summed E-state index contributed by atoms with van der Waals surface area (Å²) in [4.78, 5) is 4.17. The Labute approximate surface area is 120 Å². The maximum Gasteiger partial charge on any atom is 0.0420 e. The van der Waals surface area contributed by atoms with Crippen LogP contribution in [0.1, 0.15) is 19.4 Å². The van der Waals surface area contributed by atoms with Gasteiger partial charge in [0.25, 0.3) is 0 Å². The Balaban J connectivity index is 2.63. The molecule has 0 aliphatic carbocycles. The van der Waals surface area contributed by atoms with Crippen LogP contribution in [0, 0.1) is 0 Å². The first-order valence-corrected chi connectivity index (χ1v) is 6.83. The topological polar surface area (TPSA) is 12.9 Å². The van der Waals surface area contributed by atoms with Crippen LogP contribution >= 0.6 is 34.2 Å². The molecule has 2 rings (SSSR count). The molecule has 0 aliphatic heterocycles. The number of pyridine rings is 1. The third-order valence-electron chi connectivity index (χ3n) is 2.59. The van der Waals surface area contributed by atoms with Crippen molar-refractivity contribution in [3.05, 3.63) is 53.3 Å². The van der Waals surface area contributed by atoms with Crippen LogP contribution in [0.25, 0.3) is 11.1 Å². The Hall–Kier alpha value is -0.610. The van der Waals surface area contributed by atoms with Crippen molar-refractivity contribution in [1.82, 2.24) is 4.98 Å². The summed E-state index contributed by atoms with van der Waals surface area (Å²) in [6, 6.07) is 10.1. The molecule has 0 radical (unpaired) electrons. The molecule has 0 atom stereocenters. The second-order valence-electron chi connectivity index (χ2n) is 4.40. The minimum absolute atomic E-state index is 0.0356. The fourth-order valence-electron chi connectivity index (χ4n) is 1.78. The van der Waals surface area contributed by atoms with Gasteiger partial charge in [0.1, 0.15) is 0 Å². The first-order valence-electron chi connectivity index (χ1n) is 5.38. The third kappa shape index (κ3) is 2.99. The monoisotopic (exact) mass is 357 g/mol. The summed E-state index contributed by atoms with van der Waals surface area (Å²) in [5.41, 5.74) is 3.56. The first kappa shape index (κ1) is 12.8. The summed E-state index contributed by atoms with van der Waals surface area (Å²) < 4.78 is 0.0356. The van der Waals surface area contributed by atoms with E-state index in [9.17, 15) is 0 Å². The number of alkyl halides is 1. The van der Waals surface area contributed by atoms with E-state index in [0.717, 1.165) is 10.6 Å². The molecule has 0 unspecified atom stereocenters. The molecule has 3 heteroatoms. The Morgan fingerprint density at radius 2 is 2.00 bits per heavy atom. The highest BCUT2D eigenvalue weighted by Crippen LogP contribution is 2.38. The zero-order valence-corrected chi connectivity index (χ0v) is 12.7. The van der Waals surface area contributed by atoms with Gasteiger partial charge in [0, 0.05) is 26.4 Å². The zero-order chi connectivity index (χ0) is 12.5. The molecule has 0 spiro atoms. The van der Waals surface area contributed by atoms with E-state index in [1.807, 2.05) is 24.4 Å². The summed E-state index contributed by atoms with van der Waals surface area (Å²) in [6.07, 6.45) is 3.67. The lowest BCUT2D eigenvalue weighted by atomic mass is 9.93. The molecule has 0 aliphatic rings. The fraction of sp³-hybridized carbons (Fsp3) is 0.214. The number of aromatic nitrogens is 1. The van der Waals surface area contributed by atoms with E-state index in [1.54, 1.807) is 6.20 Å². The second kappa shape index (κ2) is 4.94. The lowest BCUT2D eigenvalue weighted by Gasteiger charge is -2.21. The SMILES string of the molecule is CC(C)(I)c1cc(Cl)ccc1-c1cccnc1. The van der Waals surface area contributed by atoms with Gasteiger partial charge >= 0.3 is 0 Å². The molecule has 88 valence electrons.